The van der Waals surface area contributed by atoms with E-state index in [2.05, 4.69) is 15.4 Å². The Morgan fingerprint density at radius 1 is 1.14 bits per heavy atom. The van der Waals surface area contributed by atoms with Gasteiger partial charge in [-0.05, 0) is 24.5 Å². The van der Waals surface area contributed by atoms with Gasteiger partial charge in [-0.3, -0.25) is 4.79 Å². The molecule has 1 aromatic carbocycles. The lowest BCUT2D eigenvalue weighted by molar-refractivity contribution is -0.124. The van der Waals surface area contributed by atoms with Gasteiger partial charge in [0.1, 0.15) is 0 Å². The fraction of sp³-hybridized carbons (Fsp3) is 0.333. The molecular weight excluding hydrogens is 356 g/mol. The standard InChI is InChI=1S/C21H22N4O3/c26-19(22-11-15-6-2-1-3-7-15)14-28-21(27)17-10-16-13-24-25(20(16)23-12-17)18-8-4-5-9-18/h1-3,6-7,10,12-13,18H,4-5,8-9,11,14H2,(H,22,26). The Bertz CT molecular complexity index is 978. The van der Waals surface area contributed by atoms with Crippen LogP contribution in [0.15, 0.2) is 48.8 Å². The van der Waals surface area contributed by atoms with Gasteiger partial charge in [-0.25, -0.2) is 14.5 Å². The van der Waals surface area contributed by atoms with Gasteiger partial charge >= 0.3 is 5.97 Å². The van der Waals surface area contributed by atoms with Gasteiger partial charge in [0.15, 0.2) is 12.3 Å². The van der Waals surface area contributed by atoms with Gasteiger partial charge in [0, 0.05) is 18.1 Å². The largest absolute Gasteiger partial charge is 0.452 e. The molecule has 1 amide bonds. The quantitative estimate of drug-likeness (QED) is 0.667. The molecule has 7 nitrogen and oxygen atoms in total. The van der Waals surface area contributed by atoms with E-state index in [0.29, 0.717) is 18.2 Å². The number of carbonyl (C=O) groups is 2. The number of carbonyl (C=O) groups excluding carboxylic acids is 2. The zero-order chi connectivity index (χ0) is 19.3. The fourth-order valence-electron chi connectivity index (χ4n) is 3.53. The zero-order valence-corrected chi connectivity index (χ0v) is 15.5. The van der Waals surface area contributed by atoms with Crippen LogP contribution in [0.4, 0.5) is 0 Å². The number of nitrogens with zero attached hydrogens (tertiary/aromatic N) is 3. The lowest BCUT2D eigenvalue weighted by Gasteiger charge is -2.10. The zero-order valence-electron chi connectivity index (χ0n) is 15.5. The van der Waals surface area contributed by atoms with Crippen LogP contribution in [0.2, 0.25) is 0 Å². The molecule has 28 heavy (non-hydrogen) atoms. The number of benzene rings is 1. The number of aromatic nitrogens is 3. The van der Waals surface area contributed by atoms with Crippen LogP contribution in [-0.4, -0.2) is 33.2 Å². The summed E-state index contributed by atoms with van der Waals surface area (Å²) in [6.45, 7) is 0.0656. The van der Waals surface area contributed by atoms with Crippen molar-refractivity contribution in [2.24, 2.45) is 0 Å². The van der Waals surface area contributed by atoms with Crippen LogP contribution in [-0.2, 0) is 16.1 Å². The Morgan fingerprint density at radius 2 is 1.93 bits per heavy atom. The van der Waals surface area contributed by atoms with Crippen molar-refractivity contribution in [1.29, 1.82) is 0 Å². The lowest BCUT2D eigenvalue weighted by atomic mass is 10.2. The molecule has 3 aromatic rings. The molecule has 1 fully saturated rings. The third-order valence-corrected chi connectivity index (χ3v) is 5.01. The van der Waals surface area contributed by atoms with Crippen molar-refractivity contribution in [3.8, 4) is 0 Å². The van der Waals surface area contributed by atoms with Crippen LogP contribution in [0.5, 0.6) is 0 Å². The van der Waals surface area contributed by atoms with E-state index in [0.717, 1.165) is 29.4 Å². The Morgan fingerprint density at radius 3 is 2.71 bits per heavy atom. The van der Waals surface area contributed by atoms with E-state index in [4.69, 9.17) is 4.74 Å². The number of ether oxygens (including phenoxy) is 1. The van der Waals surface area contributed by atoms with Crippen LogP contribution >= 0.6 is 0 Å². The first-order valence-electron chi connectivity index (χ1n) is 9.52. The second-order valence-electron chi connectivity index (χ2n) is 7.00. The molecule has 144 valence electrons. The number of fused-ring (bicyclic) bond motifs is 1. The third kappa shape index (κ3) is 4.03. The number of esters is 1. The summed E-state index contributed by atoms with van der Waals surface area (Å²) in [5.74, 6) is -0.918. The van der Waals surface area contributed by atoms with Gasteiger partial charge in [-0.2, -0.15) is 5.10 Å². The van der Waals surface area contributed by atoms with Crippen LogP contribution in [0.1, 0.15) is 47.6 Å². The SMILES string of the molecule is O=C(COC(=O)c1cnc2c(cnn2C2CCCC2)c1)NCc1ccccc1. The van der Waals surface area contributed by atoms with E-state index in [-0.39, 0.29) is 12.5 Å². The van der Waals surface area contributed by atoms with Crippen LogP contribution in [0, 0.1) is 0 Å². The van der Waals surface area contributed by atoms with E-state index in [1.54, 1.807) is 12.3 Å². The topological polar surface area (TPSA) is 86.1 Å². The summed E-state index contributed by atoms with van der Waals surface area (Å²) in [6.07, 6.45) is 7.86. The average Bonchev–Trinajstić information content (AvgIpc) is 3.40. The smallest absolute Gasteiger partial charge is 0.340 e. The van der Waals surface area contributed by atoms with Crippen molar-refractivity contribution in [2.75, 3.05) is 6.61 Å². The Labute approximate surface area is 162 Å². The first kappa shape index (κ1) is 18.2. The predicted molar refractivity (Wildman–Crippen MR) is 104 cm³/mol. The van der Waals surface area contributed by atoms with Gasteiger partial charge in [0.2, 0.25) is 0 Å². The average molecular weight is 378 g/mol. The van der Waals surface area contributed by atoms with E-state index in [1.165, 1.54) is 19.0 Å². The van der Waals surface area contributed by atoms with Gasteiger partial charge in [-0.15, -0.1) is 0 Å². The molecule has 0 spiro atoms. The molecule has 0 atom stereocenters. The Hall–Kier alpha value is -3.22. The summed E-state index contributed by atoms with van der Waals surface area (Å²) < 4.78 is 7.07. The van der Waals surface area contributed by atoms with E-state index < -0.39 is 5.97 Å². The number of pyridine rings is 1. The summed E-state index contributed by atoms with van der Waals surface area (Å²) in [5, 5.41) is 7.97. The van der Waals surface area contributed by atoms with Gasteiger partial charge in [0.25, 0.3) is 5.91 Å². The summed E-state index contributed by atoms with van der Waals surface area (Å²) in [7, 11) is 0. The number of hydrogen-bond acceptors (Lipinski definition) is 5. The Kier molecular flexibility index (Phi) is 5.32. The highest BCUT2D eigenvalue weighted by Crippen LogP contribution is 2.31. The summed E-state index contributed by atoms with van der Waals surface area (Å²) in [4.78, 5) is 28.6. The highest BCUT2D eigenvalue weighted by atomic mass is 16.5. The summed E-state index contributed by atoms with van der Waals surface area (Å²) in [6, 6.07) is 11.6. The predicted octanol–water partition coefficient (Wildman–Crippen LogP) is 3.02. The van der Waals surface area contributed by atoms with E-state index in [9.17, 15) is 9.59 Å². The highest BCUT2D eigenvalue weighted by Gasteiger charge is 2.21. The highest BCUT2D eigenvalue weighted by molar-refractivity contribution is 5.94. The number of rotatable bonds is 6. The van der Waals surface area contributed by atoms with E-state index >= 15 is 0 Å². The molecule has 1 aliphatic rings. The second kappa shape index (κ2) is 8.21. The normalized spacial score (nSPS) is 14.3. The molecule has 0 radical (unpaired) electrons. The fourth-order valence-corrected chi connectivity index (χ4v) is 3.53. The third-order valence-electron chi connectivity index (χ3n) is 5.01. The maximum atomic E-state index is 12.3. The number of hydrogen-bond donors (Lipinski definition) is 1. The summed E-state index contributed by atoms with van der Waals surface area (Å²) in [5.41, 5.74) is 2.08. The van der Waals surface area contributed by atoms with E-state index in [1.807, 2.05) is 35.0 Å². The maximum absolute atomic E-state index is 12.3. The van der Waals surface area contributed by atoms with Crippen LogP contribution in [0.3, 0.4) is 0 Å². The molecule has 7 heteroatoms. The molecule has 0 unspecified atom stereocenters. The molecule has 0 saturated heterocycles. The van der Waals surface area contributed by atoms with Crippen molar-refractivity contribution < 1.29 is 14.3 Å². The number of nitrogens with one attached hydrogen (secondary N) is 1. The minimum atomic E-state index is -0.571. The Balaban J connectivity index is 1.34. The summed E-state index contributed by atoms with van der Waals surface area (Å²) >= 11 is 0. The van der Waals surface area contributed by atoms with Gasteiger partial charge in [0.05, 0.1) is 17.8 Å². The van der Waals surface area contributed by atoms with Crippen LogP contribution < -0.4 is 5.32 Å². The van der Waals surface area contributed by atoms with Crippen molar-refractivity contribution in [2.45, 2.75) is 38.3 Å². The maximum Gasteiger partial charge on any atom is 0.340 e. The first-order valence-corrected chi connectivity index (χ1v) is 9.52. The molecule has 1 aliphatic carbocycles. The van der Waals surface area contributed by atoms with Crippen molar-refractivity contribution in [1.82, 2.24) is 20.1 Å². The number of amides is 1. The molecule has 1 N–H and O–H groups in total. The molecule has 1 saturated carbocycles. The second-order valence-corrected chi connectivity index (χ2v) is 7.00. The molecule has 0 bridgehead atoms. The van der Waals surface area contributed by atoms with Crippen LogP contribution in [0.25, 0.3) is 11.0 Å². The van der Waals surface area contributed by atoms with Crippen molar-refractivity contribution >= 4 is 22.9 Å². The van der Waals surface area contributed by atoms with Gasteiger partial charge < -0.3 is 10.1 Å². The minimum Gasteiger partial charge on any atom is -0.452 e. The molecule has 2 aromatic heterocycles. The van der Waals surface area contributed by atoms with Crippen molar-refractivity contribution in [3.05, 3.63) is 59.9 Å². The molecular formula is C21H22N4O3. The monoisotopic (exact) mass is 378 g/mol. The molecule has 4 rings (SSSR count). The van der Waals surface area contributed by atoms with Crippen molar-refractivity contribution in [3.63, 3.8) is 0 Å². The molecule has 2 heterocycles. The first-order chi connectivity index (χ1) is 13.7. The van der Waals surface area contributed by atoms with Gasteiger partial charge in [-0.1, -0.05) is 43.2 Å². The lowest BCUT2D eigenvalue weighted by Crippen LogP contribution is -2.28. The molecule has 0 aliphatic heterocycles. The minimum absolute atomic E-state index is 0.314.